The highest BCUT2D eigenvalue weighted by Gasteiger charge is 2.23. The summed E-state index contributed by atoms with van der Waals surface area (Å²) in [6.07, 6.45) is 4.85. The number of amides is 1. The molecule has 0 aliphatic heterocycles. The van der Waals surface area contributed by atoms with Gasteiger partial charge in [0.25, 0.3) is 0 Å². The average Bonchev–Trinajstić information content (AvgIpc) is 2.45. The monoisotopic (exact) mass is 282 g/mol. The number of Topliss-reactive ketones (excluding diaryl/α,β-unsaturated/α-hetero) is 1. The lowest BCUT2D eigenvalue weighted by atomic mass is 9.90. The van der Waals surface area contributed by atoms with Crippen molar-refractivity contribution >= 4 is 11.7 Å². The Hall–Kier alpha value is -0.900. The molecule has 0 saturated heterocycles. The van der Waals surface area contributed by atoms with E-state index in [0.29, 0.717) is 24.3 Å². The molecule has 1 aliphatic rings. The summed E-state index contributed by atoms with van der Waals surface area (Å²) in [5, 5.41) is 6.61. The van der Waals surface area contributed by atoms with E-state index in [4.69, 9.17) is 0 Å². The van der Waals surface area contributed by atoms with Crippen LogP contribution in [0.1, 0.15) is 59.8 Å². The molecule has 0 heterocycles. The van der Waals surface area contributed by atoms with E-state index < -0.39 is 0 Å². The Kier molecular flexibility index (Phi) is 7.20. The third kappa shape index (κ3) is 5.61. The van der Waals surface area contributed by atoms with Gasteiger partial charge in [0.2, 0.25) is 5.91 Å². The summed E-state index contributed by atoms with van der Waals surface area (Å²) in [6, 6.07) is 0.826. The molecule has 1 saturated carbocycles. The van der Waals surface area contributed by atoms with Crippen LogP contribution in [0.15, 0.2) is 0 Å². The minimum absolute atomic E-state index is 0.0618. The fraction of sp³-hybridized carbons (Fsp3) is 0.875. The third-order valence-corrected chi connectivity index (χ3v) is 4.21. The number of ketones is 1. The van der Waals surface area contributed by atoms with Crippen LogP contribution in [-0.2, 0) is 9.59 Å². The lowest BCUT2D eigenvalue weighted by Crippen LogP contribution is -2.44. The van der Waals surface area contributed by atoms with Gasteiger partial charge >= 0.3 is 0 Å². The van der Waals surface area contributed by atoms with Crippen molar-refractivity contribution in [2.75, 3.05) is 6.54 Å². The normalized spacial score (nSPS) is 24.4. The van der Waals surface area contributed by atoms with Gasteiger partial charge < -0.3 is 10.6 Å². The number of nitrogens with one attached hydrogen (secondary N) is 2. The van der Waals surface area contributed by atoms with Gasteiger partial charge in [0.1, 0.15) is 5.78 Å². The smallest absolute Gasteiger partial charge is 0.222 e. The molecule has 0 aromatic heterocycles. The Bertz CT molecular complexity index is 320. The summed E-state index contributed by atoms with van der Waals surface area (Å²) in [5.74, 6) is 0.657. The van der Waals surface area contributed by atoms with Crippen molar-refractivity contribution in [2.45, 2.75) is 71.9 Å². The summed E-state index contributed by atoms with van der Waals surface area (Å²) in [4.78, 5) is 23.2. The summed E-state index contributed by atoms with van der Waals surface area (Å²) in [6.45, 7) is 8.54. The highest BCUT2D eigenvalue weighted by molar-refractivity contribution is 5.80. The van der Waals surface area contributed by atoms with Gasteiger partial charge in [0, 0.05) is 36.9 Å². The first-order valence-electron chi connectivity index (χ1n) is 8.00. The third-order valence-electron chi connectivity index (χ3n) is 4.21. The Morgan fingerprint density at radius 3 is 2.10 bits per heavy atom. The van der Waals surface area contributed by atoms with Crippen molar-refractivity contribution in [3.05, 3.63) is 0 Å². The average molecular weight is 282 g/mol. The molecular formula is C16H30N2O2. The Morgan fingerprint density at radius 1 is 1.05 bits per heavy atom. The molecule has 1 unspecified atom stereocenters. The highest BCUT2D eigenvalue weighted by Crippen LogP contribution is 2.19. The van der Waals surface area contributed by atoms with Crippen molar-refractivity contribution in [3.8, 4) is 0 Å². The SMILES string of the molecule is CCC(=O)C(C)CNC1CCC(NC(=O)C(C)C)CC1. The Labute approximate surface area is 123 Å². The molecular weight excluding hydrogens is 252 g/mol. The quantitative estimate of drug-likeness (QED) is 0.753. The lowest BCUT2D eigenvalue weighted by Gasteiger charge is -2.30. The van der Waals surface area contributed by atoms with E-state index in [-0.39, 0.29) is 17.7 Å². The van der Waals surface area contributed by atoms with Crippen LogP contribution in [0.4, 0.5) is 0 Å². The number of hydrogen-bond acceptors (Lipinski definition) is 3. The van der Waals surface area contributed by atoms with Gasteiger partial charge in [-0.3, -0.25) is 9.59 Å². The van der Waals surface area contributed by atoms with E-state index >= 15 is 0 Å². The van der Waals surface area contributed by atoms with Crippen LogP contribution in [0.2, 0.25) is 0 Å². The molecule has 4 nitrogen and oxygen atoms in total. The maximum absolute atomic E-state index is 11.7. The fourth-order valence-corrected chi connectivity index (χ4v) is 2.62. The van der Waals surface area contributed by atoms with Crippen LogP contribution < -0.4 is 10.6 Å². The second-order valence-corrected chi connectivity index (χ2v) is 6.34. The largest absolute Gasteiger partial charge is 0.353 e. The second kappa shape index (κ2) is 8.40. The maximum atomic E-state index is 11.7. The summed E-state index contributed by atoms with van der Waals surface area (Å²) in [5.41, 5.74) is 0. The minimum atomic E-state index is 0.0618. The first-order valence-corrected chi connectivity index (χ1v) is 8.00. The van der Waals surface area contributed by atoms with E-state index in [9.17, 15) is 9.59 Å². The van der Waals surface area contributed by atoms with E-state index in [1.807, 2.05) is 27.7 Å². The molecule has 0 aromatic carbocycles. The molecule has 1 aliphatic carbocycles. The van der Waals surface area contributed by atoms with Crippen LogP contribution in [0.25, 0.3) is 0 Å². The molecule has 0 bridgehead atoms. The van der Waals surface area contributed by atoms with Crippen LogP contribution in [0, 0.1) is 11.8 Å². The molecule has 1 fully saturated rings. The van der Waals surface area contributed by atoms with E-state index in [1.54, 1.807) is 0 Å². The number of carbonyl (C=O) groups excluding carboxylic acids is 2. The molecule has 2 N–H and O–H groups in total. The zero-order valence-electron chi connectivity index (χ0n) is 13.4. The molecule has 1 rings (SSSR count). The van der Waals surface area contributed by atoms with Crippen LogP contribution in [0.5, 0.6) is 0 Å². The molecule has 0 radical (unpaired) electrons. The zero-order chi connectivity index (χ0) is 15.1. The molecule has 20 heavy (non-hydrogen) atoms. The predicted molar refractivity (Wildman–Crippen MR) is 81.5 cm³/mol. The minimum Gasteiger partial charge on any atom is -0.353 e. The van der Waals surface area contributed by atoms with Gasteiger partial charge in [0.15, 0.2) is 0 Å². The van der Waals surface area contributed by atoms with E-state index in [2.05, 4.69) is 10.6 Å². The number of carbonyl (C=O) groups is 2. The van der Waals surface area contributed by atoms with Gasteiger partial charge in [-0.2, -0.15) is 0 Å². The summed E-state index contributed by atoms with van der Waals surface area (Å²) in [7, 11) is 0. The molecule has 0 spiro atoms. The summed E-state index contributed by atoms with van der Waals surface area (Å²) < 4.78 is 0. The van der Waals surface area contributed by atoms with Gasteiger partial charge in [-0.1, -0.05) is 27.7 Å². The Balaban J connectivity index is 2.22. The second-order valence-electron chi connectivity index (χ2n) is 6.34. The number of hydrogen-bond donors (Lipinski definition) is 2. The van der Waals surface area contributed by atoms with Crippen molar-refractivity contribution in [3.63, 3.8) is 0 Å². The standard InChI is InChI=1S/C16H30N2O2/c1-5-15(19)12(4)10-17-13-6-8-14(9-7-13)18-16(20)11(2)3/h11-14,17H,5-10H2,1-4H3,(H,18,20). The fourth-order valence-electron chi connectivity index (χ4n) is 2.62. The van der Waals surface area contributed by atoms with Crippen LogP contribution >= 0.6 is 0 Å². The van der Waals surface area contributed by atoms with E-state index in [1.165, 1.54) is 0 Å². The van der Waals surface area contributed by atoms with Gasteiger partial charge in [-0.25, -0.2) is 0 Å². The van der Waals surface area contributed by atoms with E-state index in [0.717, 1.165) is 32.2 Å². The first-order chi connectivity index (χ1) is 9.43. The topological polar surface area (TPSA) is 58.2 Å². The predicted octanol–water partition coefficient (Wildman–Crippen LogP) is 2.27. The summed E-state index contributed by atoms with van der Waals surface area (Å²) >= 11 is 0. The highest BCUT2D eigenvalue weighted by atomic mass is 16.2. The molecule has 1 amide bonds. The van der Waals surface area contributed by atoms with Crippen molar-refractivity contribution in [2.24, 2.45) is 11.8 Å². The van der Waals surface area contributed by atoms with Gasteiger partial charge in [0.05, 0.1) is 0 Å². The first kappa shape index (κ1) is 17.2. The lowest BCUT2D eigenvalue weighted by molar-refractivity contribution is -0.125. The van der Waals surface area contributed by atoms with Crippen molar-refractivity contribution in [1.82, 2.24) is 10.6 Å². The zero-order valence-corrected chi connectivity index (χ0v) is 13.4. The molecule has 4 heteroatoms. The molecule has 1 atom stereocenters. The van der Waals surface area contributed by atoms with Crippen LogP contribution in [-0.4, -0.2) is 30.3 Å². The van der Waals surface area contributed by atoms with Crippen molar-refractivity contribution in [1.29, 1.82) is 0 Å². The molecule has 0 aromatic rings. The van der Waals surface area contributed by atoms with Gasteiger partial charge in [-0.05, 0) is 25.7 Å². The maximum Gasteiger partial charge on any atom is 0.222 e. The molecule has 116 valence electrons. The van der Waals surface area contributed by atoms with Gasteiger partial charge in [-0.15, -0.1) is 0 Å². The number of rotatable bonds is 7. The van der Waals surface area contributed by atoms with Crippen molar-refractivity contribution < 1.29 is 9.59 Å². The van der Waals surface area contributed by atoms with Crippen LogP contribution in [0.3, 0.4) is 0 Å². The Morgan fingerprint density at radius 2 is 1.60 bits per heavy atom.